The predicted molar refractivity (Wildman–Crippen MR) is 101 cm³/mol. The minimum atomic E-state index is -0.271. The van der Waals surface area contributed by atoms with Gasteiger partial charge < -0.3 is 11.1 Å². The molecule has 27 heavy (non-hydrogen) atoms. The highest BCUT2D eigenvalue weighted by Gasteiger charge is 2.20. The molecule has 0 aliphatic heterocycles. The number of nitrogens with two attached hydrogens (primary N) is 1. The molecule has 0 atom stereocenters. The molecule has 0 bridgehead atoms. The van der Waals surface area contributed by atoms with Crippen molar-refractivity contribution in [2.45, 2.75) is 26.4 Å². The second-order valence-corrected chi connectivity index (χ2v) is 6.41. The van der Waals surface area contributed by atoms with E-state index in [0.717, 1.165) is 5.56 Å². The fourth-order valence-electron chi connectivity index (χ4n) is 2.87. The van der Waals surface area contributed by atoms with Crippen molar-refractivity contribution in [2.75, 3.05) is 11.1 Å². The van der Waals surface area contributed by atoms with Gasteiger partial charge in [0.25, 0.3) is 0 Å². The number of anilines is 2. The van der Waals surface area contributed by atoms with Crippen LogP contribution < -0.4 is 11.1 Å². The number of halogens is 1. The van der Waals surface area contributed by atoms with Crippen molar-refractivity contribution in [3.8, 4) is 5.95 Å². The molecule has 8 nitrogen and oxygen atoms in total. The standard InChI is InChI=1S/C18H19FN8/c1-11(2)27-16-14(23-18(27)26-9-3-8-22-26)15(20)24-17(25-16)21-10-12-4-6-13(19)7-5-12/h3-9,11H,10H2,1-2H3,(H3,20,21,24,25). The highest BCUT2D eigenvalue weighted by Crippen LogP contribution is 2.26. The van der Waals surface area contributed by atoms with Gasteiger partial charge in [-0.3, -0.25) is 4.57 Å². The van der Waals surface area contributed by atoms with Gasteiger partial charge in [-0.1, -0.05) is 12.1 Å². The Morgan fingerprint density at radius 3 is 2.59 bits per heavy atom. The van der Waals surface area contributed by atoms with Crippen molar-refractivity contribution in [1.29, 1.82) is 0 Å². The zero-order valence-corrected chi connectivity index (χ0v) is 15.0. The van der Waals surface area contributed by atoms with Crippen molar-refractivity contribution in [3.63, 3.8) is 0 Å². The Labute approximate surface area is 154 Å². The number of aromatic nitrogens is 6. The molecule has 4 rings (SSSR count). The molecule has 9 heteroatoms. The maximum Gasteiger partial charge on any atom is 0.233 e. The third-order valence-corrected chi connectivity index (χ3v) is 4.14. The van der Waals surface area contributed by atoms with Gasteiger partial charge in [-0.15, -0.1) is 0 Å². The molecule has 0 aliphatic rings. The Morgan fingerprint density at radius 1 is 1.15 bits per heavy atom. The molecule has 0 aliphatic carbocycles. The van der Waals surface area contributed by atoms with Crippen LogP contribution in [0.5, 0.6) is 0 Å². The Bertz CT molecular complexity index is 1070. The lowest BCUT2D eigenvalue weighted by molar-refractivity contribution is 0.583. The van der Waals surface area contributed by atoms with E-state index in [2.05, 4.69) is 25.4 Å². The Morgan fingerprint density at radius 2 is 1.93 bits per heavy atom. The zero-order chi connectivity index (χ0) is 19.0. The molecule has 0 spiro atoms. The molecule has 138 valence electrons. The van der Waals surface area contributed by atoms with Gasteiger partial charge in [0.1, 0.15) is 5.82 Å². The average molecular weight is 366 g/mol. The summed E-state index contributed by atoms with van der Waals surface area (Å²) in [5.74, 6) is 1.03. The molecule has 3 aromatic heterocycles. The van der Waals surface area contributed by atoms with E-state index in [1.54, 1.807) is 23.0 Å². The number of benzene rings is 1. The smallest absolute Gasteiger partial charge is 0.233 e. The number of hydrogen-bond donors (Lipinski definition) is 2. The SMILES string of the molecule is CC(C)n1c(-n2cccn2)nc2c(N)nc(NCc3ccc(F)cc3)nc21. The van der Waals surface area contributed by atoms with Crippen molar-refractivity contribution in [1.82, 2.24) is 29.3 Å². The predicted octanol–water partition coefficient (Wildman–Crippen LogP) is 2.93. The fraction of sp³-hybridized carbons (Fsp3) is 0.222. The zero-order valence-electron chi connectivity index (χ0n) is 15.0. The largest absolute Gasteiger partial charge is 0.382 e. The van der Waals surface area contributed by atoms with Crippen LogP contribution in [0.25, 0.3) is 17.1 Å². The number of nitrogens with one attached hydrogen (secondary N) is 1. The van der Waals surface area contributed by atoms with Crippen molar-refractivity contribution in [2.24, 2.45) is 0 Å². The van der Waals surface area contributed by atoms with Gasteiger partial charge >= 0.3 is 0 Å². The number of nitrogens with zero attached hydrogens (tertiary/aromatic N) is 6. The van der Waals surface area contributed by atoms with Gasteiger partial charge in [0.2, 0.25) is 11.9 Å². The summed E-state index contributed by atoms with van der Waals surface area (Å²) < 4.78 is 16.7. The lowest BCUT2D eigenvalue weighted by Gasteiger charge is -2.12. The summed E-state index contributed by atoms with van der Waals surface area (Å²) in [6.07, 6.45) is 3.51. The van der Waals surface area contributed by atoms with Gasteiger partial charge in [0, 0.05) is 25.0 Å². The molecule has 0 saturated carbocycles. The normalized spacial score (nSPS) is 11.4. The van der Waals surface area contributed by atoms with Gasteiger partial charge in [0.05, 0.1) is 0 Å². The minimum Gasteiger partial charge on any atom is -0.382 e. The Kier molecular flexibility index (Phi) is 4.19. The minimum absolute atomic E-state index is 0.0912. The number of rotatable bonds is 5. The molecule has 0 saturated heterocycles. The quantitative estimate of drug-likeness (QED) is 0.563. The van der Waals surface area contributed by atoms with E-state index in [9.17, 15) is 4.39 Å². The second-order valence-electron chi connectivity index (χ2n) is 6.41. The topological polar surface area (TPSA) is 99.5 Å². The van der Waals surface area contributed by atoms with E-state index in [1.165, 1.54) is 12.1 Å². The third-order valence-electron chi connectivity index (χ3n) is 4.14. The number of imidazole rings is 1. The Balaban J connectivity index is 1.73. The maximum absolute atomic E-state index is 13.0. The first kappa shape index (κ1) is 17.0. The van der Waals surface area contributed by atoms with Crippen molar-refractivity contribution in [3.05, 3.63) is 54.1 Å². The molecule has 0 amide bonds. The first-order chi connectivity index (χ1) is 13.0. The van der Waals surface area contributed by atoms with E-state index in [-0.39, 0.29) is 17.7 Å². The Hall–Kier alpha value is -3.49. The maximum atomic E-state index is 13.0. The van der Waals surface area contributed by atoms with Crippen LogP contribution in [-0.4, -0.2) is 29.3 Å². The molecule has 0 unspecified atom stereocenters. The molecule has 0 radical (unpaired) electrons. The first-order valence-corrected chi connectivity index (χ1v) is 8.56. The molecule has 3 N–H and O–H groups in total. The third kappa shape index (κ3) is 3.19. The second kappa shape index (κ2) is 6.67. The average Bonchev–Trinajstić information content (AvgIpc) is 3.28. The monoisotopic (exact) mass is 366 g/mol. The van der Waals surface area contributed by atoms with E-state index >= 15 is 0 Å². The van der Waals surface area contributed by atoms with E-state index in [1.807, 2.05) is 30.7 Å². The molecule has 3 heterocycles. The lowest BCUT2D eigenvalue weighted by Crippen LogP contribution is -2.11. The van der Waals surface area contributed by atoms with E-state index in [0.29, 0.717) is 29.6 Å². The highest BCUT2D eigenvalue weighted by molar-refractivity contribution is 5.84. The van der Waals surface area contributed by atoms with Gasteiger partial charge in [-0.2, -0.15) is 15.1 Å². The number of nitrogen functional groups attached to an aromatic ring is 1. The summed E-state index contributed by atoms with van der Waals surface area (Å²) >= 11 is 0. The van der Waals surface area contributed by atoms with Crippen LogP contribution in [0.3, 0.4) is 0 Å². The first-order valence-electron chi connectivity index (χ1n) is 8.56. The van der Waals surface area contributed by atoms with Crippen LogP contribution >= 0.6 is 0 Å². The summed E-state index contributed by atoms with van der Waals surface area (Å²) in [5, 5.41) is 7.39. The molecule has 4 aromatic rings. The molecule has 0 fully saturated rings. The van der Waals surface area contributed by atoms with Gasteiger partial charge in [-0.25, -0.2) is 14.1 Å². The summed E-state index contributed by atoms with van der Waals surface area (Å²) in [6.45, 7) is 4.53. The molecular formula is C18H19FN8. The van der Waals surface area contributed by atoms with Crippen molar-refractivity contribution >= 4 is 22.9 Å². The fourth-order valence-corrected chi connectivity index (χ4v) is 2.87. The number of hydrogen-bond acceptors (Lipinski definition) is 6. The summed E-state index contributed by atoms with van der Waals surface area (Å²) in [6, 6.07) is 8.17. The van der Waals surface area contributed by atoms with Crippen LogP contribution in [0.1, 0.15) is 25.5 Å². The van der Waals surface area contributed by atoms with Crippen LogP contribution in [0.4, 0.5) is 16.2 Å². The van der Waals surface area contributed by atoms with Crippen LogP contribution in [0, 0.1) is 5.82 Å². The van der Waals surface area contributed by atoms with Crippen molar-refractivity contribution < 1.29 is 4.39 Å². The molecular weight excluding hydrogens is 347 g/mol. The van der Waals surface area contributed by atoms with Gasteiger partial charge in [0.15, 0.2) is 17.0 Å². The van der Waals surface area contributed by atoms with Gasteiger partial charge in [-0.05, 0) is 37.6 Å². The summed E-state index contributed by atoms with van der Waals surface area (Å²) in [4.78, 5) is 13.5. The van der Waals surface area contributed by atoms with Crippen LogP contribution in [-0.2, 0) is 6.54 Å². The highest BCUT2D eigenvalue weighted by atomic mass is 19.1. The lowest BCUT2D eigenvalue weighted by atomic mass is 10.2. The van der Waals surface area contributed by atoms with Crippen LogP contribution in [0.2, 0.25) is 0 Å². The summed E-state index contributed by atoms with van der Waals surface area (Å²) in [7, 11) is 0. The number of fused-ring (bicyclic) bond motifs is 1. The van der Waals surface area contributed by atoms with E-state index in [4.69, 9.17) is 5.73 Å². The van der Waals surface area contributed by atoms with Crippen LogP contribution in [0.15, 0.2) is 42.7 Å². The summed E-state index contributed by atoms with van der Waals surface area (Å²) in [5.41, 5.74) is 8.20. The molecule has 1 aromatic carbocycles. The van der Waals surface area contributed by atoms with E-state index < -0.39 is 0 Å².